The van der Waals surface area contributed by atoms with E-state index in [0.29, 0.717) is 15.7 Å². The molecule has 0 saturated heterocycles. The molecule has 0 aromatic heterocycles. The molecule has 1 aromatic rings. The van der Waals surface area contributed by atoms with Gasteiger partial charge in [0.15, 0.2) is 0 Å². The lowest BCUT2D eigenvalue weighted by Gasteiger charge is -2.23. The summed E-state index contributed by atoms with van der Waals surface area (Å²) in [6.45, 7) is 3.43. The van der Waals surface area contributed by atoms with Crippen molar-refractivity contribution in [3.63, 3.8) is 0 Å². The molecule has 2 unspecified atom stereocenters. The van der Waals surface area contributed by atoms with Crippen LogP contribution in [-0.2, 0) is 9.59 Å². The molecule has 0 bridgehead atoms. The van der Waals surface area contributed by atoms with Crippen LogP contribution in [0.1, 0.15) is 13.8 Å². The Morgan fingerprint density at radius 2 is 1.90 bits per heavy atom. The van der Waals surface area contributed by atoms with Crippen LogP contribution in [0.15, 0.2) is 18.2 Å². The molecule has 7 heteroatoms. The average Bonchev–Trinajstić information content (AvgIpc) is 2.40. The summed E-state index contributed by atoms with van der Waals surface area (Å²) in [6.07, 6.45) is 0. The summed E-state index contributed by atoms with van der Waals surface area (Å²) in [5.41, 5.74) is 6.21. The molecule has 21 heavy (non-hydrogen) atoms. The normalized spacial score (nSPS) is 13.4. The molecule has 0 aliphatic heterocycles. The first-order valence-electron chi connectivity index (χ1n) is 6.47. The molecule has 5 nitrogen and oxygen atoms in total. The van der Waals surface area contributed by atoms with E-state index < -0.39 is 0 Å². The summed E-state index contributed by atoms with van der Waals surface area (Å²) in [7, 11) is 1.57. The zero-order chi connectivity index (χ0) is 16.2. The van der Waals surface area contributed by atoms with Gasteiger partial charge in [0.25, 0.3) is 0 Å². The van der Waals surface area contributed by atoms with E-state index in [4.69, 9.17) is 28.9 Å². The standard InChI is InChI=1S/C14H19Cl2N3O2/c1-8(9(2)17)14(21)19(3)7-13(20)18-10-4-5-11(15)12(16)6-10/h4-6,8-9H,7,17H2,1-3H3,(H,18,20). The molecule has 3 N–H and O–H groups in total. The molecule has 0 aliphatic carbocycles. The Bertz CT molecular complexity index is 535. The van der Waals surface area contributed by atoms with Gasteiger partial charge in [0, 0.05) is 18.8 Å². The van der Waals surface area contributed by atoms with Gasteiger partial charge in [-0.15, -0.1) is 0 Å². The Morgan fingerprint density at radius 3 is 2.43 bits per heavy atom. The van der Waals surface area contributed by atoms with E-state index in [1.54, 1.807) is 39.1 Å². The van der Waals surface area contributed by atoms with Crippen LogP contribution in [-0.4, -0.2) is 36.3 Å². The monoisotopic (exact) mass is 331 g/mol. The fraction of sp³-hybridized carbons (Fsp3) is 0.429. The van der Waals surface area contributed by atoms with Crippen LogP contribution in [0.2, 0.25) is 10.0 Å². The van der Waals surface area contributed by atoms with Crippen molar-refractivity contribution in [2.75, 3.05) is 18.9 Å². The number of amides is 2. The van der Waals surface area contributed by atoms with Crippen LogP contribution in [0, 0.1) is 5.92 Å². The highest BCUT2D eigenvalue weighted by molar-refractivity contribution is 6.42. The molecule has 116 valence electrons. The van der Waals surface area contributed by atoms with Crippen LogP contribution in [0.5, 0.6) is 0 Å². The lowest BCUT2D eigenvalue weighted by Crippen LogP contribution is -2.42. The first kappa shape index (κ1) is 17.8. The summed E-state index contributed by atoms with van der Waals surface area (Å²) < 4.78 is 0. The van der Waals surface area contributed by atoms with E-state index in [0.717, 1.165) is 0 Å². The molecule has 2 atom stereocenters. The number of nitrogens with zero attached hydrogens (tertiary/aromatic N) is 1. The number of rotatable bonds is 5. The van der Waals surface area contributed by atoms with Gasteiger partial charge < -0.3 is 16.0 Å². The topological polar surface area (TPSA) is 75.4 Å². The third kappa shape index (κ3) is 5.19. The predicted octanol–water partition coefficient (Wildman–Crippen LogP) is 2.37. The third-order valence-electron chi connectivity index (χ3n) is 3.14. The van der Waals surface area contributed by atoms with Crippen molar-refractivity contribution in [1.29, 1.82) is 0 Å². The minimum Gasteiger partial charge on any atom is -0.336 e. The molecule has 0 spiro atoms. The number of carbonyl (C=O) groups is 2. The molecule has 2 amide bonds. The largest absolute Gasteiger partial charge is 0.336 e. The van der Waals surface area contributed by atoms with Gasteiger partial charge in [-0.05, 0) is 25.1 Å². The van der Waals surface area contributed by atoms with Gasteiger partial charge in [-0.25, -0.2) is 0 Å². The second-order valence-electron chi connectivity index (χ2n) is 5.02. The van der Waals surface area contributed by atoms with Crippen molar-refractivity contribution < 1.29 is 9.59 Å². The first-order chi connectivity index (χ1) is 9.72. The van der Waals surface area contributed by atoms with Crippen molar-refractivity contribution >= 4 is 40.7 Å². The number of nitrogens with two attached hydrogens (primary N) is 1. The zero-order valence-corrected chi connectivity index (χ0v) is 13.7. The van der Waals surface area contributed by atoms with Crippen LogP contribution in [0.4, 0.5) is 5.69 Å². The molecular weight excluding hydrogens is 313 g/mol. The van der Waals surface area contributed by atoms with Crippen molar-refractivity contribution in [1.82, 2.24) is 4.90 Å². The predicted molar refractivity (Wildman–Crippen MR) is 85.5 cm³/mol. The van der Waals surface area contributed by atoms with Crippen molar-refractivity contribution in [2.45, 2.75) is 19.9 Å². The highest BCUT2D eigenvalue weighted by atomic mass is 35.5. The quantitative estimate of drug-likeness (QED) is 0.869. The van der Waals surface area contributed by atoms with Crippen LogP contribution in [0.25, 0.3) is 0 Å². The Labute approximate surface area is 134 Å². The van der Waals surface area contributed by atoms with Crippen molar-refractivity contribution in [3.05, 3.63) is 28.2 Å². The summed E-state index contributed by atoms with van der Waals surface area (Å²) in [5.74, 6) is -0.830. The van der Waals surface area contributed by atoms with Gasteiger partial charge in [0.05, 0.1) is 22.5 Å². The van der Waals surface area contributed by atoms with E-state index in [1.165, 1.54) is 4.90 Å². The smallest absolute Gasteiger partial charge is 0.243 e. The molecule has 0 aliphatic rings. The number of benzene rings is 1. The van der Waals surface area contributed by atoms with Gasteiger partial charge in [0.2, 0.25) is 11.8 Å². The number of carbonyl (C=O) groups excluding carboxylic acids is 2. The van der Waals surface area contributed by atoms with Gasteiger partial charge in [0.1, 0.15) is 0 Å². The summed E-state index contributed by atoms with van der Waals surface area (Å²) in [4.78, 5) is 25.3. The maximum atomic E-state index is 12.0. The highest BCUT2D eigenvalue weighted by Gasteiger charge is 2.22. The Kier molecular flexibility index (Phi) is 6.45. The fourth-order valence-corrected chi connectivity index (χ4v) is 1.94. The minimum atomic E-state index is -0.340. The molecular formula is C14H19Cl2N3O2. The van der Waals surface area contributed by atoms with Crippen molar-refractivity contribution in [2.24, 2.45) is 11.7 Å². The second-order valence-corrected chi connectivity index (χ2v) is 5.83. The third-order valence-corrected chi connectivity index (χ3v) is 3.88. The second kappa shape index (κ2) is 7.64. The molecule has 0 fully saturated rings. The number of hydrogen-bond donors (Lipinski definition) is 2. The summed E-state index contributed by atoms with van der Waals surface area (Å²) >= 11 is 11.7. The van der Waals surface area contributed by atoms with E-state index in [-0.39, 0.29) is 30.3 Å². The van der Waals surface area contributed by atoms with E-state index in [1.807, 2.05) is 0 Å². The molecule has 0 heterocycles. The number of likely N-dealkylation sites (N-methyl/N-ethyl adjacent to an activating group) is 1. The summed E-state index contributed by atoms with van der Waals surface area (Å²) in [6, 6.07) is 4.51. The number of hydrogen-bond acceptors (Lipinski definition) is 3. The van der Waals surface area contributed by atoms with E-state index in [9.17, 15) is 9.59 Å². The first-order valence-corrected chi connectivity index (χ1v) is 7.23. The maximum Gasteiger partial charge on any atom is 0.243 e. The molecule has 0 saturated carbocycles. The summed E-state index contributed by atoms with van der Waals surface area (Å²) in [5, 5.41) is 3.42. The minimum absolute atomic E-state index is 0.0594. The highest BCUT2D eigenvalue weighted by Crippen LogP contribution is 2.24. The zero-order valence-electron chi connectivity index (χ0n) is 12.2. The maximum absolute atomic E-state index is 12.0. The molecule has 1 aromatic carbocycles. The molecule has 1 rings (SSSR count). The number of halogens is 2. The van der Waals surface area contributed by atoms with Gasteiger partial charge in [-0.3, -0.25) is 9.59 Å². The van der Waals surface area contributed by atoms with Crippen LogP contribution in [0.3, 0.4) is 0 Å². The number of anilines is 1. The Balaban J connectivity index is 2.60. The van der Waals surface area contributed by atoms with E-state index >= 15 is 0 Å². The van der Waals surface area contributed by atoms with Gasteiger partial charge >= 0.3 is 0 Å². The van der Waals surface area contributed by atoms with Gasteiger partial charge in [-0.1, -0.05) is 30.1 Å². The van der Waals surface area contributed by atoms with E-state index in [2.05, 4.69) is 5.32 Å². The Morgan fingerprint density at radius 1 is 1.29 bits per heavy atom. The van der Waals surface area contributed by atoms with Crippen molar-refractivity contribution in [3.8, 4) is 0 Å². The lowest BCUT2D eigenvalue weighted by atomic mass is 10.0. The Hall–Kier alpha value is -1.30. The fourth-order valence-electron chi connectivity index (χ4n) is 1.64. The number of nitrogens with one attached hydrogen (secondary N) is 1. The van der Waals surface area contributed by atoms with Gasteiger partial charge in [-0.2, -0.15) is 0 Å². The molecule has 0 radical (unpaired) electrons. The van der Waals surface area contributed by atoms with Crippen LogP contribution >= 0.6 is 23.2 Å². The van der Waals surface area contributed by atoms with Crippen LogP contribution < -0.4 is 11.1 Å². The SMILES string of the molecule is CC(N)C(C)C(=O)N(C)CC(=O)Nc1ccc(Cl)c(Cl)c1. The average molecular weight is 332 g/mol. The lowest BCUT2D eigenvalue weighted by molar-refractivity contribution is -0.136.